The van der Waals surface area contributed by atoms with E-state index in [2.05, 4.69) is 51.0 Å². The molecule has 0 saturated carbocycles. The molecule has 0 aromatic heterocycles. The molecule has 3 heteroatoms. The van der Waals surface area contributed by atoms with Crippen molar-refractivity contribution in [1.29, 1.82) is 5.26 Å². The van der Waals surface area contributed by atoms with Crippen LogP contribution in [-0.2, 0) is 0 Å². The lowest BCUT2D eigenvalue weighted by Crippen LogP contribution is -2.43. The monoisotopic (exact) mass is 239 g/mol. The molecule has 0 aliphatic carbocycles. The molecule has 0 saturated heterocycles. The summed E-state index contributed by atoms with van der Waals surface area (Å²) in [5.41, 5.74) is -0.312. The summed E-state index contributed by atoms with van der Waals surface area (Å²) in [4.78, 5) is 2.36. The molecule has 0 heterocycles. The van der Waals surface area contributed by atoms with Crippen molar-refractivity contribution in [2.24, 2.45) is 5.92 Å². The normalized spacial score (nSPS) is 14.9. The van der Waals surface area contributed by atoms with E-state index < -0.39 is 0 Å². The maximum absolute atomic E-state index is 9.29. The summed E-state index contributed by atoms with van der Waals surface area (Å²) in [6.45, 7) is 11.7. The number of nitrogens with zero attached hydrogens (tertiary/aromatic N) is 2. The predicted molar refractivity (Wildman–Crippen MR) is 73.9 cm³/mol. The highest BCUT2D eigenvalue weighted by atomic mass is 15.1. The van der Waals surface area contributed by atoms with Gasteiger partial charge in [0.25, 0.3) is 0 Å². The number of rotatable bonds is 9. The Balaban J connectivity index is 4.02. The van der Waals surface area contributed by atoms with Gasteiger partial charge in [0.05, 0.1) is 6.07 Å². The predicted octanol–water partition coefficient (Wildman–Crippen LogP) is 2.64. The first-order valence-electron chi connectivity index (χ1n) is 6.84. The van der Waals surface area contributed by atoms with Gasteiger partial charge in [-0.3, -0.25) is 5.32 Å². The standard InChI is InChI=1S/C14H29N3/c1-6-14(12-15,16-7-2)9-8-10-17(5)11-13(3)4/h13,16H,6-11H2,1-5H3. The first kappa shape index (κ1) is 16.4. The molecule has 1 unspecified atom stereocenters. The Kier molecular flexibility index (Phi) is 8.20. The summed E-state index contributed by atoms with van der Waals surface area (Å²) < 4.78 is 0. The first-order valence-corrected chi connectivity index (χ1v) is 6.84. The minimum atomic E-state index is -0.312. The van der Waals surface area contributed by atoms with E-state index in [1.807, 2.05) is 0 Å². The van der Waals surface area contributed by atoms with Gasteiger partial charge in [-0.25, -0.2) is 0 Å². The van der Waals surface area contributed by atoms with Crippen LogP contribution < -0.4 is 5.32 Å². The van der Waals surface area contributed by atoms with E-state index in [0.29, 0.717) is 5.92 Å². The first-order chi connectivity index (χ1) is 7.99. The van der Waals surface area contributed by atoms with E-state index >= 15 is 0 Å². The molecule has 0 radical (unpaired) electrons. The molecular formula is C14H29N3. The second-order valence-electron chi connectivity index (χ2n) is 5.34. The maximum atomic E-state index is 9.29. The minimum Gasteiger partial charge on any atom is -0.306 e. The quantitative estimate of drug-likeness (QED) is 0.672. The van der Waals surface area contributed by atoms with Crippen molar-refractivity contribution < 1.29 is 0 Å². The minimum absolute atomic E-state index is 0.312. The lowest BCUT2D eigenvalue weighted by Gasteiger charge is -2.27. The van der Waals surface area contributed by atoms with Gasteiger partial charge in [-0.05, 0) is 45.3 Å². The number of nitriles is 1. The second kappa shape index (κ2) is 8.49. The summed E-state index contributed by atoms with van der Waals surface area (Å²) in [5.74, 6) is 0.709. The van der Waals surface area contributed by atoms with Crippen LogP contribution in [0, 0.1) is 17.2 Å². The molecule has 1 atom stereocenters. The van der Waals surface area contributed by atoms with E-state index in [4.69, 9.17) is 0 Å². The van der Waals surface area contributed by atoms with E-state index in [9.17, 15) is 5.26 Å². The van der Waals surface area contributed by atoms with Crippen LogP contribution in [-0.4, -0.2) is 37.1 Å². The summed E-state index contributed by atoms with van der Waals surface area (Å²) in [5, 5.41) is 12.6. The molecule has 0 fully saturated rings. The fourth-order valence-corrected chi connectivity index (χ4v) is 2.27. The Bertz CT molecular complexity index is 232. The van der Waals surface area contributed by atoms with Crippen molar-refractivity contribution in [1.82, 2.24) is 10.2 Å². The van der Waals surface area contributed by atoms with Crippen LogP contribution >= 0.6 is 0 Å². The molecule has 0 aliphatic heterocycles. The largest absolute Gasteiger partial charge is 0.306 e. The second-order valence-corrected chi connectivity index (χ2v) is 5.34. The lowest BCUT2D eigenvalue weighted by molar-refractivity contribution is 0.271. The lowest BCUT2D eigenvalue weighted by atomic mass is 9.92. The molecule has 0 aromatic rings. The zero-order valence-electron chi connectivity index (χ0n) is 12.2. The Labute approximate surface area is 107 Å². The third kappa shape index (κ3) is 6.65. The van der Waals surface area contributed by atoms with Crippen molar-refractivity contribution in [2.45, 2.75) is 52.5 Å². The van der Waals surface area contributed by atoms with Gasteiger partial charge in [0.2, 0.25) is 0 Å². The van der Waals surface area contributed by atoms with Gasteiger partial charge in [0.1, 0.15) is 5.54 Å². The van der Waals surface area contributed by atoms with Crippen LogP contribution in [0.4, 0.5) is 0 Å². The number of hydrogen-bond acceptors (Lipinski definition) is 3. The highest BCUT2D eigenvalue weighted by Crippen LogP contribution is 2.16. The van der Waals surface area contributed by atoms with Gasteiger partial charge in [0, 0.05) is 6.54 Å². The highest BCUT2D eigenvalue weighted by Gasteiger charge is 2.25. The van der Waals surface area contributed by atoms with Gasteiger partial charge in [-0.15, -0.1) is 0 Å². The zero-order valence-corrected chi connectivity index (χ0v) is 12.2. The molecule has 3 nitrogen and oxygen atoms in total. The Hall–Kier alpha value is -0.590. The molecule has 100 valence electrons. The van der Waals surface area contributed by atoms with E-state index in [0.717, 1.165) is 38.9 Å². The molecule has 0 rings (SSSR count). The zero-order chi connectivity index (χ0) is 13.3. The van der Waals surface area contributed by atoms with Crippen LogP contribution in [0.1, 0.15) is 47.0 Å². The SMILES string of the molecule is CCNC(C#N)(CC)CCCN(C)CC(C)C. The number of nitrogens with one attached hydrogen (secondary N) is 1. The van der Waals surface area contributed by atoms with Crippen molar-refractivity contribution >= 4 is 0 Å². The molecule has 0 spiro atoms. The molecule has 1 N–H and O–H groups in total. The van der Waals surface area contributed by atoms with Gasteiger partial charge >= 0.3 is 0 Å². The Morgan fingerprint density at radius 3 is 2.41 bits per heavy atom. The molecule has 0 aromatic carbocycles. The van der Waals surface area contributed by atoms with Gasteiger partial charge in [0.15, 0.2) is 0 Å². The summed E-state index contributed by atoms with van der Waals surface area (Å²) in [7, 11) is 2.16. The van der Waals surface area contributed by atoms with E-state index in [1.165, 1.54) is 0 Å². The van der Waals surface area contributed by atoms with Crippen LogP contribution in [0.5, 0.6) is 0 Å². The van der Waals surface area contributed by atoms with E-state index in [-0.39, 0.29) is 5.54 Å². The molecular weight excluding hydrogens is 210 g/mol. The van der Waals surface area contributed by atoms with E-state index in [1.54, 1.807) is 0 Å². The van der Waals surface area contributed by atoms with Crippen LogP contribution in [0.3, 0.4) is 0 Å². The molecule has 0 amide bonds. The summed E-state index contributed by atoms with van der Waals surface area (Å²) in [6, 6.07) is 2.45. The van der Waals surface area contributed by atoms with Gasteiger partial charge in [-0.2, -0.15) is 5.26 Å². The average molecular weight is 239 g/mol. The van der Waals surface area contributed by atoms with Gasteiger partial charge in [-0.1, -0.05) is 27.7 Å². The third-order valence-electron chi connectivity index (χ3n) is 3.15. The van der Waals surface area contributed by atoms with Crippen molar-refractivity contribution in [2.75, 3.05) is 26.7 Å². The average Bonchev–Trinajstić information content (AvgIpc) is 2.27. The van der Waals surface area contributed by atoms with Crippen LogP contribution in [0.25, 0.3) is 0 Å². The Morgan fingerprint density at radius 2 is 2.00 bits per heavy atom. The maximum Gasteiger partial charge on any atom is 0.106 e. The fourth-order valence-electron chi connectivity index (χ4n) is 2.27. The fraction of sp³-hybridized carbons (Fsp3) is 0.929. The third-order valence-corrected chi connectivity index (χ3v) is 3.15. The number of hydrogen-bond donors (Lipinski definition) is 1. The van der Waals surface area contributed by atoms with Crippen LogP contribution in [0.15, 0.2) is 0 Å². The smallest absolute Gasteiger partial charge is 0.106 e. The Morgan fingerprint density at radius 1 is 1.35 bits per heavy atom. The molecule has 17 heavy (non-hydrogen) atoms. The summed E-state index contributed by atoms with van der Waals surface area (Å²) >= 11 is 0. The van der Waals surface area contributed by atoms with Crippen molar-refractivity contribution in [3.05, 3.63) is 0 Å². The summed E-state index contributed by atoms with van der Waals surface area (Å²) in [6.07, 6.45) is 2.90. The van der Waals surface area contributed by atoms with Crippen LogP contribution in [0.2, 0.25) is 0 Å². The molecule has 0 bridgehead atoms. The molecule has 0 aliphatic rings. The van der Waals surface area contributed by atoms with Gasteiger partial charge < -0.3 is 4.90 Å². The highest BCUT2D eigenvalue weighted by molar-refractivity contribution is 5.05. The van der Waals surface area contributed by atoms with Crippen molar-refractivity contribution in [3.8, 4) is 6.07 Å². The van der Waals surface area contributed by atoms with Crippen molar-refractivity contribution in [3.63, 3.8) is 0 Å². The topological polar surface area (TPSA) is 39.1 Å².